The molecule has 0 bridgehead atoms. The summed E-state index contributed by atoms with van der Waals surface area (Å²) in [5.41, 5.74) is 0. The van der Waals surface area contributed by atoms with Gasteiger partial charge in [0, 0.05) is 90.3 Å². The first-order valence-electron chi connectivity index (χ1n) is 13.1. The van der Waals surface area contributed by atoms with E-state index in [1.54, 1.807) is 21.6 Å². The van der Waals surface area contributed by atoms with Crippen molar-refractivity contribution in [2.24, 2.45) is 11.8 Å². The van der Waals surface area contributed by atoms with Crippen LogP contribution in [0.1, 0.15) is 25.7 Å². The van der Waals surface area contributed by atoms with E-state index in [-0.39, 0.29) is 49.3 Å². The Kier molecular flexibility index (Phi) is 14.1. The van der Waals surface area contributed by atoms with Crippen LogP contribution in [-0.4, -0.2) is 135 Å². The minimum atomic E-state index is -0.456. The van der Waals surface area contributed by atoms with Crippen LogP contribution in [0.2, 0.25) is 0 Å². The van der Waals surface area contributed by atoms with E-state index in [0.29, 0.717) is 52.4 Å². The fourth-order valence-corrected chi connectivity index (χ4v) is 4.98. The van der Waals surface area contributed by atoms with Crippen LogP contribution in [0.5, 0.6) is 0 Å². The maximum atomic E-state index is 12.4. The lowest BCUT2D eigenvalue weighted by Gasteiger charge is -2.22. The molecule has 4 amide bonds. The van der Waals surface area contributed by atoms with Crippen molar-refractivity contribution in [1.29, 1.82) is 0 Å². The summed E-state index contributed by atoms with van der Waals surface area (Å²) in [7, 11) is 2.60. The molecule has 220 valence electrons. The number of carbonyl (C=O) groups excluding carboxylic acids is 6. The molecule has 2 rings (SSSR count). The quantitative estimate of drug-likeness (QED) is 0.202. The summed E-state index contributed by atoms with van der Waals surface area (Å²) in [5, 5.41) is 5.63. The van der Waals surface area contributed by atoms with Crippen LogP contribution in [0.25, 0.3) is 0 Å². The number of ether oxygens (including phenoxy) is 2. The summed E-state index contributed by atoms with van der Waals surface area (Å²) in [6, 6.07) is 0. The summed E-state index contributed by atoms with van der Waals surface area (Å²) >= 11 is 1.68. The molecule has 2 atom stereocenters. The van der Waals surface area contributed by atoms with Crippen LogP contribution in [0.4, 0.5) is 0 Å². The smallest absolute Gasteiger partial charge is 0.310 e. The number of esters is 2. The molecule has 39 heavy (non-hydrogen) atoms. The minimum Gasteiger partial charge on any atom is -0.469 e. The molecule has 2 fully saturated rings. The lowest BCUT2D eigenvalue weighted by atomic mass is 10.1. The molecule has 2 aliphatic rings. The Balaban J connectivity index is 1.64. The Morgan fingerprint density at radius 1 is 0.821 bits per heavy atom. The molecule has 2 aliphatic heterocycles. The minimum absolute atomic E-state index is 0.126. The van der Waals surface area contributed by atoms with Crippen molar-refractivity contribution < 1.29 is 38.2 Å². The van der Waals surface area contributed by atoms with Crippen LogP contribution in [-0.2, 0) is 38.2 Å². The molecule has 0 aromatic rings. The second kappa shape index (κ2) is 17.0. The second-order valence-electron chi connectivity index (χ2n) is 9.56. The summed E-state index contributed by atoms with van der Waals surface area (Å²) in [6.45, 7) is 3.57. The average Bonchev–Trinajstić information content (AvgIpc) is 3.49. The van der Waals surface area contributed by atoms with Gasteiger partial charge in [-0.25, -0.2) is 0 Å². The Hall–Kier alpha value is -2.87. The number of carbonyl (C=O) groups is 6. The topological polar surface area (TPSA) is 155 Å². The highest BCUT2D eigenvalue weighted by Gasteiger charge is 2.35. The molecule has 0 spiro atoms. The lowest BCUT2D eigenvalue weighted by Crippen LogP contribution is -2.39. The number of hydrogen-bond acceptors (Lipinski definition) is 10. The highest BCUT2D eigenvalue weighted by Crippen LogP contribution is 2.19. The van der Waals surface area contributed by atoms with E-state index in [0.717, 1.165) is 12.3 Å². The number of hydrogen-bond donors (Lipinski definition) is 2. The number of amides is 4. The van der Waals surface area contributed by atoms with E-state index in [4.69, 9.17) is 9.47 Å². The average molecular weight is 572 g/mol. The van der Waals surface area contributed by atoms with Crippen LogP contribution >= 0.6 is 11.8 Å². The third-order valence-electron chi connectivity index (χ3n) is 6.83. The Morgan fingerprint density at radius 3 is 1.64 bits per heavy atom. The van der Waals surface area contributed by atoms with Gasteiger partial charge in [0.1, 0.15) is 0 Å². The molecule has 13 nitrogen and oxygen atoms in total. The fourth-order valence-electron chi connectivity index (χ4n) is 4.54. The van der Waals surface area contributed by atoms with Crippen LogP contribution in [0.15, 0.2) is 0 Å². The van der Waals surface area contributed by atoms with Crippen molar-refractivity contribution >= 4 is 47.3 Å². The van der Waals surface area contributed by atoms with Gasteiger partial charge in [0.05, 0.1) is 26.1 Å². The van der Waals surface area contributed by atoms with Gasteiger partial charge in [-0.3, -0.25) is 28.8 Å². The van der Waals surface area contributed by atoms with Crippen molar-refractivity contribution in [2.45, 2.75) is 25.7 Å². The molecular weight excluding hydrogens is 530 g/mol. The van der Waals surface area contributed by atoms with Crippen molar-refractivity contribution in [3.8, 4) is 0 Å². The summed E-state index contributed by atoms with van der Waals surface area (Å²) in [4.78, 5) is 77.2. The fraction of sp³-hybridized carbons (Fsp3) is 0.760. The molecule has 2 unspecified atom stereocenters. The van der Waals surface area contributed by atoms with E-state index in [2.05, 4.69) is 15.5 Å². The molecule has 14 heteroatoms. The summed E-state index contributed by atoms with van der Waals surface area (Å²) in [6.07, 6.45) is 2.77. The van der Waals surface area contributed by atoms with Gasteiger partial charge in [-0.1, -0.05) is 0 Å². The van der Waals surface area contributed by atoms with Gasteiger partial charge in [-0.2, -0.15) is 11.8 Å². The molecule has 0 aromatic heterocycles. The first-order valence-corrected chi connectivity index (χ1v) is 14.5. The number of nitrogens with one attached hydrogen (secondary N) is 2. The van der Waals surface area contributed by atoms with Crippen LogP contribution in [0, 0.1) is 11.8 Å². The normalized spacial score (nSPS) is 19.0. The van der Waals surface area contributed by atoms with Gasteiger partial charge in [0.15, 0.2) is 0 Å². The molecular formula is C25H41N5O8S. The van der Waals surface area contributed by atoms with E-state index in [9.17, 15) is 28.8 Å². The van der Waals surface area contributed by atoms with Gasteiger partial charge in [0.25, 0.3) is 0 Å². The first kappa shape index (κ1) is 32.3. The first-order chi connectivity index (χ1) is 18.7. The van der Waals surface area contributed by atoms with Gasteiger partial charge in [-0.05, 0) is 6.26 Å². The van der Waals surface area contributed by atoms with Crippen molar-refractivity contribution in [3.05, 3.63) is 0 Å². The van der Waals surface area contributed by atoms with Gasteiger partial charge >= 0.3 is 11.9 Å². The zero-order chi connectivity index (χ0) is 28.8. The van der Waals surface area contributed by atoms with Gasteiger partial charge < -0.3 is 34.8 Å². The molecule has 0 radical (unpaired) electrons. The summed E-state index contributed by atoms with van der Waals surface area (Å²) in [5.74, 6) is -1.40. The van der Waals surface area contributed by atoms with Crippen LogP contribution in [0.3, 0.4) is 0 Å². The zero-order valence-corrected chi connectivity index (χ0v) is 23.9. The Morgan fingerprint density at radius 2 is 1.26 bits per heavy atom. The third-order valence-corrected chi connectivity index (χ3v) is 7.42. The molecule has 2 heterocycles. The van der Waals surface area contributed by atoms with Crippen molar-refractivity contribution in [3.63, 3.8) is 0 Å². The van der Waals surface area contributed by atoms with Crippen LogP contribution < -0.4 is 10.6 Å². The monoisotopic (exact) mass is 571 g/mol. The third kappa shape index (κ3) is 11.0. The van der Waals surface area contributed by atoms with Gasteiger partial charge in [0.2, 0.25) is 23.6 Å². The molecule has 2 N–H and O–H groups in total. The SMILES string of the molecule is COC(=O)C1CC(=O)N(CCNC(=O)CCN(CCSC)CCC(=O)NCCN2CC(C(=O)OC)CC2=O)C1. The zero-order valence-electron chi connectivity index (χ0n) is 23.1. The van der Waals surface area contributed by atoms with E-state index < -0.39 is 23.8 Å². The molecule has 0 aromatic carbocycles. The maximum Gasteiger partial charge on any atom is 0.310 e. The second-order valence-corrected chi connectivity index (χ2v) is 10.5. The Labute approximate surface area is 233 Å². The molecule has 0 aliphatic carbocycles. The molecule has 0 saturated carbocycles. The highest BCUT2D eigenvalue weighted by atomic mass is 32.2. The molecule has 2 saturated heterocycles. The number of likely N-dealkylation sites (tertiary alicyclic amines) is 2. The standard InChI is InChI=1S/C25H41N5O8S/c1-37-24(35)18-14-22(33)29(16-18)10-6-26-20(31)4-8-28(12-13-39-3)9-5-21(32)27-7-11-30-17-19(15-23(30)34)25(36)38-2/h18-19H,4-17H2,1-3H3,(H,26,31)(H,27,32). The predicted octanol–water partition coefficient (Wildman–Crippen LogP) is -1.29. The highest BCUT2D eigenvalue weighted by molar-refractivity contribution is 7.98. The lowest BCUT2D eigenvalue weighted by molar-refractivity contribution is -0.145. The predicted molar refractivity (Wildman–Crippen MR) is 143 cm³/mol. The maximum absolute atomic E-state index is 12.4. The Bertz CT molecular complexity index is 823. The van der Waals surface area contributed by atoms with Gasteiger partial charge in [-0.15, -0.1) is 0 Å². The number of rotatable bonds is 17. The van der Waals surface area contributed by atoms with E-state index in [1.165, 1.54) is 14.2 Å². The van der Waals surface area contributed by atoms with E-state index >= 15 is 0 Å². The number of methoxy groups -OCH3 is 2. The van der Waals surface area contributed by atoms with Crippen molar-refractivity contribution in [2.75, 3.05) is 85.1 Å². The largest absolute Gasteiger partial charge is 0.469 e. The van der Waals surface area contributed by atoms with Crippen molar-refractivity contribution in [1.82, 2.24) is 25.3 Å². The van der Waals surface area contributed by atoms with E-state index in [1.807, 2.05) is 6.26 Å². The summed E-state index contributed by atoms with van der Waals surface area (Å²) < 4.78 is 9.40. The number of nitrogens with zero attached hydrogens (tertiary/aromatic N) is 3. The number of thioether (sulfide) groups is 1.